The van der Waals surface area contributed by atoms with Gasteiger partial charge in [-0.15, -0.1) is 11.3 Å². The summed E-state index contributed by atoms with van der Waals surface area (Å²) in [4.78, 5) is 30.7. The van der Waals surface area contributed by atoms with Gasteiger partial charge in [0.1, 0.15) is 6.04 Å². The molecule has 1 aromatic rings. The standard InChI is InChI=1S/C15H21N3O2S/c19-14(17-7-6-13-16-8-10-21-13)12-3-1-2-9-18(12)15(20)11-4-5-11/h8,10-12H,1-7,9H2,(H,17,19)/t12-/m1/s1. The van der Waals surface area contributed by atoms with Gasteiger partial charge in [-0.1, -0.05) is 0 Å². The van der Waals surface area contributed by atoms with Gasteiger partial charge < -0.3 is 10.2 Å². The van der Waals surface area contributed by atoms with Crippen LogP contribution < -0.4 is 5.32 Å². The molecule has 1 aliphatic heterocycles. The Kier molecular flexibility index (Phi) is 4.53. The fraction of sp³-hybridized carbons (Fsp3) is 0.667. The molecule has 1 N–H and O–H groups in total. The molecular formula is C15H21N3O2S. The van der Waals surface area contributed by atoms with Crippen molar-refractivity contribution in [2.24, 2.45) is 5.92 Å². The van der Waals surface area contributed by atoms with Crippen LogP contribution in [0.3, 0.4) is 0 Å². The number of hydrogen-bond donors (Lipinski definition) is 1. The Morgan fingerprint density at radius 1 is 1.33 bits per heavy atom. The summed E-state index contributed by atoms with van der Waals surface area (Å²) in [7, 11) is 0. The summed E-state index contributed by atoms with van der Waals surface area (Å²) in [5, 5.41) is 5.94. The van der Waals surface area contributed by atoms with E-state index < -0.39 is 0 Å². The van der Waals surface area contributed by atoms with E-state index in [1.54, 1.807) is 17.5 Å². The normalized spacial score (nSPS) is 22.1. The minimum Gasteiger partial charge on any atom is -0.354 e. The van der Waals surface area contributed by atoms with Gasteiger partial charge in [0.15, 0.2) is 0 Å². The van der Waals surface area contributed by atoms with Gasteiger partial charge in [0.05, 0.1) is 5.01 Å². The van der Waals surface area contributed by atoms with E-state index in [1.807, 2.05) is 10.3 Å². The molecule has 1 atom stereocenters. The van der Waals surface area contributed by atoms with Gasteiger partial charge >= 0.3 is 0 Å². The first-order valence-corrected chi connectivity index (χ1v) is 8.60. The number of likely N-dealkylation sites (tertiary alicyclic amines) is 1. The molecule has 21 heavy (non-hydrogen) atoms. The lowest BCUT2D eigenvalue weighted by Crippen LogP contribution is -2.52. The molecular weight excluding hydrogens is 286 g/mol. The quantitative estimate of drug-likeness (QED) is 0.898. The van der Waals surface area contributed by atoms with Crippen LogP contribution in [0.5, 0.6) is 0 Å². The van der Waals surface area contributed by atoms with Gasteiger partial charge in [0, 0.05) is 37.0 Å². The van der Waals surface area contributed by atoms with E-state index in [1.165, 1.54) is 0 Å². The van der Waals surface area contributed by atoms with Crippen LogP contribution in [0.4, 0.5) is 0 Å². The Hall–Kier alpha value is -1.43. The first kappa shape index (κ1) is 14.5. The zero-order valence-electron chi connectivity index (χ0n) is 12.1. The predicted octanol–water partition coefficient (Wildman–Crippen LogP) is 1.59. The van der Waals surface area contributed by atoms with Crippen molar-refractivity contribution in [2.75, 3.05) is 13.1 Å². The van der Waals surface area contributed by atoms with Crippen LogP contribution in [-0.2, 0) is 16.0 Å². The smallest absolute Gasteiger partial charge is 0.242 e. The molecule has 1 aliphatic carbocycles. The van der Waals surface area contributed by atoms with E-state index in [4.69, 9.17) is 0 Å². The molecule has 6 heteroatoms. The van der Waals surface area contributed by atoms with Gasteiger partial charge in [-0.2, -0.15) is 0 Å². The number of carbonyl (C=O) groups is 2. The topological polar surface area (TPSA) is 62.3 Å². The molecule has 2 heterocycles. The Labute approximate surface area is 128 Å². The van der Waals surface area contributed by atoms with Crippen LogP contribution >= 0.6 is 11.3 Å². The summed E-state index contributed by atoms with van der Waals surface area (Å²) in [6.07, 6.45) is 7.36. The molecule has 0 spiro atoms. The Morgan fingerprint density at radius 2 is 2.19 bits per heavy atom. The largest absolute Gasteiger partial charge is 0.354 e. The molecule has 114 valence electrons. The summed E-state index contributed by atoms with van der Waals surface area (Å²) in [5.41, 5.74) is 0. The first-order chi connectivity index (χ1) is 10.3. The van der Waals surface area contributed by atoms with Crippen molar-refractivity contribution >= 4 is 23.2 Å². The molecule has 2 amide bonds. The summed E-state index contributed by atoms with van der Waals surface area (Å²) in [5.74, 6) is 0.378. The third kappa shape index (κ3) is 3.61. The van der Waals surface area contributed by atoms with E-state index >= 15 is 0 Å². The Bertz CT molecular complexity index is 499. The van der Waals surface area contributed by atoms with Gasteiger partial charge in [0.2, 0.25) is 11.8 Å². The second-order valence-electron chi connectivity index (χ2n) is 5.78. The van der Waals surface area contributed by atoms with E-state index in [0.717, 1.165) is 50.1 Å². The zero-order valence-corrected chi connectivity index (χ0v) is 12.9. The predicted molar refractivity (Wildman–Crippen MR) is 80.9 cm³/mol. The highest BCUT2D eigenvalue weighted by atomic mass is 32.1. The van der Waals surface area contributed by atoms with Crippen LogP contribution in [0.25, 0.3) is 0 Å². The number of carbonyl (C=O) groups excluding carboxylic acids is 2. The third-order valence-electron chi connectivity index (χ3n) is 4.14. The average molecular weight is 307 g/mol. The number of thiazole rings is 1. The van der Waals surface area contributed by atoms with Crippen molar-refractivity contribution in [1.82, 2.24) is 15.2 Å². The molecule has 5 nitrogen and oxygen atoms in total. The van der Waals surface area contributed by atoms with E-state index in [9.17, 15) is 9.59 Å². The lowest BCUT2D eigenvalue weighted by Gasteiger charge is -2.34. The average Bonchev–Trinajstić information content (AvgIpc) is 3.24. The van der Waals surface area contributed by atoms with Crippen molar-refractivity contribution in [3.8, 4) is 0 Å². The van der Waals surface area contributed by atoms with Crippen LogP contribution in [0.15, 0.2) is 11.6 Å². The highest BCUT2D eigenvalue weighted by Crippen LogP contribution is 2.33. The second kappa shape index (κ2) is 6.56. The van der Waals surface area contributed by atoms with E-state index in [2.05, 4.69) is 10.3 Å². The number of rotatable bonds is 5. The molecule has 0 bridgehead atoms. The molecule has 1 saturated heterocycles. The van der Waals surface area contributed by atoms with Gasteiger partial charge in [-0.25, -0.2) is 4.98 Å². The highest BCUT2D eigenvalue weighted by molar-refractivity contribution is 7.09. The fourth-order valence-electron chi connectivity index (χ4n) is 2.82. The maximum Gasteiger partial charge on any atom is 0.242 e. The number of piperidine rings is 1. The summed E-state index contributed by atoms with van der Waals surface area (Å²) >= 11 is 1.60. The maximum atomic E-state index is 12.4. The molecule has 0 unspecified atom stereocenters. The lowest BCUT2D eigenvalue weighted by atomic mass is 10.0. The molecule has 0 aromatic carbocycles. The highest BCUT2D eigenvalue weighted by Gasteiger charge is 2.39. The molecule has 0 radical (unpaired) electrons. The Balaban J connectivity index is 1.52. The van der Waals surface area contributed by atoms with Gasteiger partial charge in [-0.3, -0.25) is 9.59 Å². The minimum atomic E-state index is -0.261. The SMILES string of the molecule is O=C(NCCc1nccs1)[C@H]1CCCCN1C(=O)C1CC1. The van der Waals surface area contributed by atoms with Gasteiger partial charge in [-0.05, 0) is 32.1 Å². The minimum absolute atomic E-state index is 0.000237. The van der Waals surface area contributed by atoms with Crippen molar-refractivity contribution in [1.29, 1.82) is 0 Å². The van der Waals surface area contributed by atoms with Crippen LogP contribution in [0.1, 0.15) is 37.1 Å². The second-order valence-corrected chi connectivity index (χ2v) is 6.76. The summed E-state index contributed by atoms with van der Waals surface area (Å²) in [6.45, 7) is 1.33. The summed E-state index contributed by atoms with van der Waals surface area (Å²) < 4.78 is 0. The fourth-order valence-corrected chi connectivity index (χ4v) is 3.44. The number of hydrogen-bond acceptors (Lipinski definition) is 4. The Morgan fingerprint density at radius 3 is 2.90 bits per heavy atom. The molecule has 2 aliphatic rings. The van der Waals surface area contributed by atoms with Gasteiger partial charge in [0.25, 0.3) is 0 Å². The molecule has 1 saturated carbocycles. The van der Waals surface area contributed by atoms with Crippen molar-refractivity contribution in [2.45, 2.75) is 44.6 Å². The first-order valence-electron chi connectivity index (χ1n) is 7.72. The maximum absolute atomic E-state index is 12.4. The summed E-state index contributed by atoms with van der Waals surface area (Å²) in [6, 6.07) is -0.261. The number of amides is 2. The monoisotopic (exact) mass is 307 g/mol. The number of nitrogens with zero attached hydrogens (tertiary/aromatic N) is 2. The number of aromatic nitrogens is 1. The number of nitrogens with one attached hydrogen (secondary N) is 1. The van der Waals surface area contributed by atoms with Crippen LogP contribution in [0.2, 0.25) is 0 Å². The molecule has 2 fully saturated rings. The van der Waals surface area contributed by atoms with Crippen molar-refractivity contribution in [3.05, 3.63) is 16.6 Å². The lowest BCUT2D eigenvalue weighted by molar-refractivity contribution is -0.143. The van der Waals surface area contributed by atoms with Crippen LogP contribution in [0, 0.1) is 5.92 Å². The zero-order chi connectivity index (χ0) is 14.7. The van der Waals surface area contributed by atoms with Crippen molar-refractivity contribution < 1.29 is 9.59 Å². The molecule has 3 rings (SSSR count). The van der Waals surface area contributed by atoms with Crippen LogP contribution in [-0.4, -0.2) is 40.8 Å². The third-order valence-corrected chi connectivity index (χ3v) is 4.98. The van der Waals surface area contributed by atoms with E-state index in [0.29, 0.717) is 6.54 Å². The van der Waals surface area contributed by atoms with Crippen molar-refractivity contribution in [3.63, 3.8) is 0 Å². The molecule has 1 aromatic heterocycles. The van der Waals surface area contributed by atoms with E-state index in [-0.39, 0.29) is 23.8 Å².